The number of hydrogen-bond acceptors (Lipinski definition) is 5. The molecule has 2 heterocycles. The number of aryl methyl sites for hydroxylation is 1. The van der Waals surface area contributed by atoms with Crippen molar-refractivity contribution < 1.29 is 22.9 Å². The summed E-state index contributed by atoms with van der Waals surface area (Å²) in [4.78, 5) is 26.3. The molecule has 8 nitrogen and oxygen atoms in total. The van der Waals surface area contributed by atoms with Gasteiger partial charge in [-0.25, -0.2) is 0 Å². The molecule has 1 aliphatic heterocycles. The van der Waals surface area contributed by atoms with Gasteiger partial charge in [-0.05, 0) is 23.5 Å². The molecule has 1 aliphatic rings. The van der Waals surface area contributed by atoms with Gasteiger partial charge in [0.25, 0.3) is 0 Å². The molecule has 0 saturated carbocycles. The highest BCUT2D eigenvalue weighted by molar-refractivity contribution is 5.76. The summed E-state index contributed by atoms with van der Waals surface area (Å²) in [5.41, 5.74) is 0.416. The van der Waals surface area contributed by atoms with E-state index in [4.69, 9.17) is 0 Å². The minimum atomic E-state index is -4.37. The van der Waals surface area contributed by atoms with Crippen LogP contribution in [0, 0.1) is 17.0 Å². The van der Waals surface area contributed by atoms with E-state index < -0.39 is 16.7 Å². The van der Waals surface area contributed by atoms with Crippen molar-refractivity contribution in [3.05, 3.63) is 57.3 Å². The van der Waals surface area contributed by atoms with E-state index in [0.717, 1.165) is 12.1 Å². The van der Waals surface area contributed by atoms with Crippen LogP contribution in [0.3, 0.4) is 0 Å². The van der Waals surface area contributed by atoms with Crippen LogP contribution in [0.4, 0.5) is 19.0 Å². The topological polar surface area (TPSA) is 84.5 Å². The van der Waals surface area contributed by atoms with Gasteiger partial charge in [0.15, 0.2) is 0 Å². The average Bonchev–Trinajstić information content (AvgIpc) is 3.03. The molecule has 0 unspecified atom stereocenters. The fourth-order valence-corrected chi connectivity index (χ4v) is 3.23. The monoisotopic (exact) mass is 411 g/mol. The third-order valence-corrected chi connectivity index (χ3v) is 4.83. The number of halogens is 3. The number of piperazine rings is 1. The van der Waals surface area contributed by atoms with Crippen molar-refractivity contribution in [2.24, 2.45) is 0 Å². The van der Waals surface area contributed by atoms with Crippen LogP contribution in [0.5, 0.6) is 0 Å². The highest BCUT2D eigenvalue weighted by Crippen LogP contribution is 2.29. The number of alkyl halides is 3. The van der Waals surface area contributed by atoms with Gasteiger partial charge in [-0.1, -0.05) is 18.2 Å². The molecule has 0 spiro atoms. The van der Waals surface area contributed by atoms with Gasteiger partial charge in [-0.3, -0.25) is 9.69 Å². The van der Waals surface area contributed by atoms with E-state index in [9.17, 15) is 28.1 Å². The van der Waals surface area contributed by atoms with Gasteiger partial charge < -0.3 is 15.0 Å². The highest BCUT2D eigenvalue weighted by Gasteiger charge is 2.30. The maximum Gasteiger partial charge on any atom is 0.416 e. The SMILES string of the molecule is Cc1cc([N+](=O)[O-])nn1CC(=O)N1CCN(Cc2cccc(C(F)(F)F)c2)CC1. The molecule has 0 N–H and O–H groups in total. The first-order valence-electron chi connectivity index (χ1n) is 8.98. The Labute approximate surface area is 164 Å². The molecule has 3 rings (SSSR count). The molecule has 156 valence electrons. The van der Waals surface area contributed by atoms with E-state index in [1.165, 1.54) is 16.8 Å². The maximum atomic E-state index is 12.8. The summed E-state index contributed by atoms with van der Waals surface area (Å²) < 4.78 is 39.8. The molecule has 0 aliphatic carbocycles. The van der Waals surface area contributed by atoms with Gasteiger partial charge in [-0.15, -0.1) is 0 Å². The largest absolute Gasteiger partial charge is 0.416 e. The third kappa shape index (κ3) is 5.11. The summed E-state index contributed by atoms with van der Waals surface area (Å²) >= 11 is 0. The van der Waals surface area contributed by atoms with Crippen LogP contribution < -0.4 is 0 Å². The number of hydrogen-bond donors (Lipinski definition) is 0. The minimum Gasteiger partial charge on any atom is -0.358 e. The van der Waals surface area contributed by atoms with Crippen LogP contribution in [0.2, 0.25) is 0 Å². The van der Waals surface area contributed by atoms with Crippen molar-refractivity contribution in [3.63, 3.8) is 0 Å². The Hall–Kier alpha value is -2.95. The van der Waals surface area contributed by atoms with E-state index in [1.54, 1.807) is 17.9 Å². The van der Waals surface area contributed by atoms with Gasteiger partial charge in [0, 0.05) is 32.7 Å². The van der Waals surface area contributed by atoms with E-state index >= 15 is 0 Å². The van der Waals surface area contributed by atoms with Crippen molar-refractivity contribution in [2.75, 3.05) is 26.2 Å². The third-order valence-electron chi connectivity index (χ3n) is 4.83. The summed E-state index contributed by atoms with van der Waals surface area (Å²) in [5, 5.41) is 14.6. The molecule has 2 aromatic rings. The molecule has 0 radical (unpaired) electrons. The summed E-state index contributed by atoms with van der Waals surface area (Å²) in [5.74, 6) is -0.508. The molecule has 29 heavy (non-hydrogen) atoms. The van der Waals surface area contributed by atoms with E-state index in [1.807, 2.05) is 4.90 Å². The lowest BCUT2D eigenvalue weighted by molar-refractivity contribution is -0.389. The molecular weight excluding hydrogens is 391 g/mol. The zero-order chi connectivity index (χ0) is 21.2. The Kier molecular flexibility index (Phi) is 5.87. The number of nitrogens with zero attached hydrogens (tertiary/aromatic N) is 5. The zero-order valence-corrected chi connectivity index (χ0v) is 15.7. The number of benzene rings is 1. The molecule has 1 fully saturated rings. The van der Waals surface area contributed by atoms with Crippen molar-refractivity contribution in [3.8, 4) is 0 Å². The van der Waals surface area contributed by atoms with Gasteiger partial charge in [0.2, 0.25) is 5.91 Å². The Morgan fingerprint density at radius 2 is 1.90 bits per heavy atom. The first-order chi connectivity index (χ1) is 13.6. The van der Waals surface area contributed by atoms with E-state index in [0.29, 0.717) is 44.0 Å². The second-order valence-corrected chi connectivity index (χ2v) is 6.91. The quantitative estimate of drug-likeness (QED) is 0.558. The Morgan fingerprint density at radius 1 is 1.21 bits per heavy atom. The number of rotatable bonds is 5. The van der Waals surface area contributed by atoms with Gasteiger partial charge in [0.1, 0.15) is 6.54 Å². The first kappa shape index (κ1) is 20.8. The van der Waals surface area contributed by atoms with Crippen LogP contribution in [0.25, 0.3) is 0 Å². The van der Waals surface area contributed by atoms with E-state index in [-0.39, 0.29) is 18.3 Å². The highest BCUT2D eigenvalue weighted by atomic mass is 19.4. The number of carbonyl (C=O) groups excluding carboxylic acids is 1. The zero-order valence-electron chi connectivity index (χ0n) is 15.7. The second kappa shape index (κ2) is 8.19. The molecular formula is C18H20F3N5O3. The molecule has 11 heteroatoms. The van der Waals surface area contributed by atoms with Crippen molar-refractivity contribution >= 4 is 11.7 Å². The first-order valence-corrected chi connectivity index (χ1v) is 8.98. The van der Waals surface area contributed by atoms with Crippen LogP contribution in [-0.4, -0.2) is 56.6 Å². The minimum absolute atomic E-state index is 0.0900. The number of carbonyl (C=O) groups is 1. The lowest BCUT2D eigenvalue weighted by atomic mass is 10.1. The lowest BCUT2D eigenvalue weighted by Crippen LogP contribution is -2.49. The average molecular weight is 411 g/mol. The van der Waals surface area contributed by atoms with E-state index in [2.05, 4.69) is 5.10 Å². The number of nitro groups is 1. The van der Waals surface area contributed by atoms with Crippen molar-refractivity contribution in [1.29, 1.82) is 0 Å². The summed E-state index contributed by atoms with van der Waals surface area (Å²) in [6, 6.07) is 6.54. The van der Waals surface area contributed by atoms with Gasteiger partial charge >= 0.3 is 12.0 Å². The molecule has 1 aromatic carbocycles. The fourth-order valence-electron chi connectivity index (χ4n) is 3.23. The normalized spacial score (nSPS) is 15.5. The van der Waals surface area contributed by atoms with Gasteiger partial charge in [-0.2, -0.15) is 17.9 Å². The molecule has 0 bridgehead atoms. The van der Waals surface area contributed by atoms with Crippen LogP contribution in [0.1, 0.15) is 16.8 Å². The smallest absolute Gasteiger partial charge is 0.358 e. The standard InChI is InChI=1S/C18H20F3N5O3/c1-13-9-16(26(28)29)22-25(13)12-17(27)24-7-5-23(6-8-24)11-14-3-2-4-15(10-14)18(19,20)21/h2-4,9-10H,5-8,11-12H2,1H3. The van der Waals surface area contributed by atoms with Crippen LogP contribution in [-0.2, 0) is 24.1 Å². The molecule has 1 aromatic heterocycles. The number of aromatic nitrogens is 2. The molecule has 0 atom stereocenters. The second-order valence-electron chi connectivity index (χ2n) is 6.91. The predicted molar refractivity (Wildman–Crippen MR) is 96.9 cm³/mol. The summed E-state index contributed by atoms with van der Waals surface area (Å²) in [7, 11) is 0. The van der Waals surface area contributed by atoms with Crippen LogP contribution >= 0.6 is 0 Å². The summed E-state index contributed by atoms with van der Waals surface area (Å²) in [6.07, 6.45) is -4.37. The lowest BCUT2D eigenvalue weighted by Gasteiger charge is -2.34. The maximum absolute atomic E-state index is 12.8. The molecule has 1 amide bonds. The Morgan fingerprint density at radius 3 is 2.48 bits per heavy atom. The molecule has 1 saturated heterocycles. The Bertz CT molecular complexity index is 904. The Balaban J connectivity index is 1.54. The van der Waals surface area contributed by atoms with Crippen molar-refractivity contribution in [2.45, 2.75) is 26.2 Å². The van der Waals surface area contributed by atoms with Crippen molar-refractivity contribution in [1.82, 2.24) is 19.6 Å². The van der Waals surface area contributed by atoms with Gasteiger partial charge in [0.05, 0.1) is 22.4 Å². The predicted octanol–water partition coefficient (Wildman–Crippen LogP) is 2.46. The fraction of sp³-hybridized carbons (Fsp3) is 0.444. The number of amides is 1. The van der Waals surface area contributed by atoms with Crippen LogP contribution in [0.15, 0.2) is 30.3 Å². The summed E-state index contributed by atoms with van der Waals surface area (Å²) in [6.45, 7) is 3.84.